The van der Waals surface area contributed by atoms with E-state index in [9.17, 15) is 4.79 Å². The van der Waals surface area contributed by atoms with Crippen LogP contribution in [0.4, 0.5) is 0 Å². The molecule has 29 heavy (non-hydrogen) atoms. The van der Waals surface area contributed by atoms with Gasteiger partial charge in [-0.15, -0.1) is 0 Å². The van der Waals surface area contributed by atoms with E-state index in [0.717, 1.165) is 22.4 Å². The van der Waals surface area contributed by atoms with Crippen LogP contribution < -0.4 is 4.74 Å². The minimum Gasteiger partial charge on any atom is -0.497 e. The highest BCUT2D eigenvalue weighted by Crippen LogP contribution is 2.43. The monoisotopic (exact) mass is 394 g/mol. The molecule has 1 N–H and O–H groups in total. The molecule has 0 aliphatic carbocycles. The number of pyridine rings is 1. The number of nitrogens with one attached hydrogen (secondary N) is 1. The summed E-state index contributed by atoms with van der Waals surface area (Å²) in [5.41, 5.74) is 3.72. The lowest BCUT2D eigenvalue weighted by Gasteiger charge is -2.28. The van der Waals surface area contributed by atoms with Gasteiger partial charge in [0.25, 0.3) is 5.91 Å². The Balaban J connectivity index is 1.84. The molecule has 8 heteroatoms. The van der Waals surface area contributed by atoms with Crippen molar-refractivity contribution in [3.63, 3.8) is 0 Å². The second-order valence-corrected chi connectivity index (χ2v) is 6.64. The molecular formula is C21H22N4O4. The molecule has 3 aromatic rings. The second-order valence-electron chi connectivity index (χ2n) is 6.64. The van der Waals surface area contributed by atoms with E-state index < -0.39 is 6.29 Å². The maximum atomic E-state index is 13.2. The Morgan fingerprint density at radius 1 is 1.17 bits per heavy atom. The third kappa shape index (κ3) is 3.37. The van der Waals surface area contributed by atoms with Crippen molar-refractivity contribution in [1.29, 1.82) is 0 Å². The fraction of sp³-hybridized carbons (Fsp3) is 0.286. The molecule has 1 unspecified atom stereocenters. The largest absolute Gasteiger partial charge is 0.497 e. The number of aromatic nitrogens is 3. The van der Waals surface area contributed by atoms with Crippen LogP contribution >= 0.6 is 0 Å². The number of ether oxygens (including phenoxy) is 3. The second kappa shape index (κ2) is 8.02. The van der Waals surface area contributed by atoms with Crippen molar-refractivity contribution in [2.24, 2.45) is 0 Å². The van der Waals surface area contributed by atoms with Gasteiger partial charge in [0.1, 0.15) is 11.4 Å². The molecule has 1 aliphatic heterocycles. The maximum absolute atomic E-state index is 13.2. The van der Waals surface area contributed by atoms with Gasteiger partial charge in [0.05, 0.1) is 25.4 Å². The molecule has 8 nitrogen and oxygen atoms in total. The van der Waals surface area contributed by atoms with Crippen molar-refractivity contribution in [2.45, 2.75) is 12.3 Å². The highest BCUT2D eigenvalue weighted by molar-refractivity contribution is 6.00. The maximum Gasteiger partial charge on any atom is 0.273 e. The van der Waals surface area contributed by atoms with Gasteiger partial charge in [-0.25, -0.2) is 0 Å². The van der Waals surface area contributed by atoms with Gasteiger partial charge in [0.2, 0.25) is 0 Å². The van der Waals surface area contributed by atoms with E-state index in [4.69, 9.17) is 14.2 Å². The van der Waals surface area contributed by atoms with Crippen LogP contribution in [0.3, 0.4) is 0 Å². The van der Waals surface area contributed by atoms with Crippen LogP contribution in [0.15, 0.2) is 48.8 Å². The summed E-state index contributed by atoms with van der Waals surface area (Å²) in [5, 5.41) is 7.38. The number of hydrogen-bond donors (Lipinski definition) is 1. The Morgan fingerprint density at radius 3 is 2.69 bits per heavy atom. The molecule has 0 saturated carbocycles. The lowest BCUT2D eigenvalue weighted by molar-refractivity contribution is -0.113. The van der Waals surface area contributed by atoms with Crippen molar-refractivity contribution in [3.8, 4) is 17.0 Å². The molecule has 4 rings (SSSR count). The fourth-order valence-electron chi connectivity index (χ4n) is 3.67. The summed E-state index contributed by atoms with van der Waals surface area (Å²) >= 11 is 0. The van der Waals surface area contributed by atoms with Crippen molar-refractivity contribution < 1.29 is 19.0 Å². The molecule has 0 saturated heterocycles. The number of nitrogens with zero attached hydrogens (tertiary/aromatic N) is 3. The smallest absolute Gasteiger partial charge is 0.273 e. The summed E-state index contributed by atoms with van der Waals surface area (Å²) < 4.78 is 16.0. The van der Waals surface area contributed by atoms with Gasteiger partial charge in [0, 0.05) is 37.7 Å². The number of aromatic amines is 1. The third-order valence-corrected chi connectivity index (χ3v) is 5.08. The van der Waals surface area contributed by atoms with Crippen LogP contribution in [0, 0.1) is 0 Å². The van der Waals surface area contributed by atoms with Gasteiger partial charge in [0.15, 0.2) is 6.29 Å². The van der Waals surface area contributed by atoms with Gasteiger partial charge in [-0.3, -0.25) is 14.9 Å². The molecule has 2 aromatic heterocycles. The van der Waals surface area contributed by atoms with Crippen LogP contribution in [0.25, 0.3) is 11.3 Å². The summed E-state index contributed by atoms with van der Waals surface area (Å²) in [6.45, 7) is 0.269. The van der Waals surface area contributed by atoms with E-state index in [0.29, 0.717) is 11.4 Å². The lowest BCUT2D eigenvalue weighted by Crippen LogP contribution is -2.38. The number of carbonyl (C=O) groups is 1. The molecule has 0 radical (unpaired) electrons. The molecule has 0 bridgehead atoms. The Morgan fingerprint density at radius 2 is 2.00 bits per heavy atom. The van der Waals surface area contributed by atoms with Crippen LogP contribution in [-0.2, 0) is 9.47 Å². The zero-order valence-corrected chi connectivity index (χ0v) is 16.5. The molecule has 3 heterocycles. The first kappa shape index (κ1) is 19.1. The lowest BCUT2D eigenvalue weighted by atomic mass is 9.97. The summed E-state index contributed by atoms with van der Waals surface area (Å²) in [5.74, 6) is 0.562. The minimum atomic E-state index is -0.546. The molecule has 1 amide bonds. The van der Waals surface area contributed by atoms with Crippen LogP contribution in [0.1, 0.15) is 27.7 Å². The number of benzene rings is 1. The van der Waals surface area contributed by atoms with E-state index in [2.05, 4.69) is 15.2 Å². The first-order chi connectivity index (χ1) is 14.2. The SMILES string of the molecule is COc1cccc(-c2n[nH]c3c2C(c2cccnc2)N(CC(OC)OC)C3=O)c1. The predicted octanol–water partition coefficient (Wildman–Crippen LogP) is 2.64. The van der Waals surface area contributed by atoms with Crippen LogP contribution in [0.5, 0.6) is 5.75 Å². The average molecular weight is 394 g/mol. The number of amides is 1. The number of H-pyrrole nitrogens is 1. The number of hydrogen-bond acceptors (Lipinski definition) is 6. The number of carbonyl (C=O) groups excluding carboxylic acids is 1. The highest BCUT2D eigenvalue weighted by atomic mass is 16.7. The molecule has 0 fully saturated rings. The average Bonchev–Trinajstić information content (AvgIpc) is 3.31. The minimum absolute atomic E-state index is 0.158. The molecule has 0 spiro atoms. The third-order valence-electron chi connectivity index (χ3n) is 5.08. The Bertz CT molecular complexity index is 1000. The molecular weight excluding hydrogens is 372 g/mol. The quantitative estimate of drug-likeness (QED) is 0.620. The van der Waals surface area contributed by atoms with Gasteiger partial charge in [-0.05, 0) is 23.8 Å². The summed E-state index contributed by atoms with van der Waals surface area (Å²) in [6, 6.07) is 11.0. The van der Waals surface area contributed by atoms with Crippen molar-refractivity contribution in [2.75, 3.05) is 27.9 Å². The number of fused-ring (bicyclic) bond motifs is 1. The zero-order valence-electron chi connectivity index (χ0n) is 16.5. The van der Waals surface area contributed by atoms with Crippen molar-refractivity contribution in [3.05, 3.63) is 65.6 Å². The van der Waals surface area contributed by atoms with Crippen LogP contribution in [0.2, 0.25) is 0 Å². The Kier molecular flexibility index (Phi) is 5.28. The summed E-state index contributed by atoms with van der Waals surface area (Å²) in [7, 11) is 4.72. The van der Waals surface area contributed by atoms with E-state index in [-0.39, 0.29) is 18.5 Å². The normalized spacial score (nSPS) is 15.8. The van der Waals surface area contributed by atoms with Gasteiger partial charge >= 0.3 is 0 Å². The van der Waals surface area contributed by atoms with Gasteiger partial charge < -0.3 is 19.1 Å². The number of methoxy groups -OCH3 is 3. The first-order valence-corrected chi connectivity index (χ1v) is 9.17. The van der Waals surface area contributed by atoms with E-state index in [1.54, 1.807) is 38.6 Å². The van der Waals surface area contributed by atoms with E-state index in [1.165, 1.54) is 0 Å². The molecule has 1 aliphatic rings. The van der Waals surface area contributed by atoms with Gasteiger partial charge in [-0.2, -0.15) is 5.10 Å². The van der Waals surface area contributed by atoms with Crippen LogP contribution in [-0.4, -0.2) is 60.2 Å². The van der Waals surface area contributed by atoms with Crippen molar-refractivity contribution in [1.82, 2.24) is 20.1 Å². The standard InChI is InChI=1S/C21H22N4O4/c1-27-15-8-4-6-13(10-15)18-17-19(24-23-18)21(26)25(12-16(28-2)29-3)20(17)14-7-5-9-22-11-14/h4-11,16,20H,12H2,1-3H3,(H,23,24). The highest BCUT2D eigenvalue weighted by Gasteiger charge is 2.43. The Labute approximate surface area is 168 Å². The topological polar surface area (TPSA) is 89.6 Å². The van der Waals surface area contributed by atoms with E-state index in [1.807, 2.05) is 36.4 Å². The zero-order chi connectivity index (χ0) is 20.4. The van der Waals surface area contributed by atoms with Crippen molar-refractivity contribution >= 4 is 5.91 Å². The predicted molar refractivity (Wildman–Crippen MR) is 105 cm³/mol. The summed E-state index contributed by atoms with van der Waals surface area (Å²) in [4.78, 5) is 19.2. The van der Waals surface area contributed by atoms with E-state index >= 15 is 0 Å². The molecule has 1 aromatic carbocycles. The molecule has 150 valence electrons. The van der Waals surface area contributed by atoms with Gasteiger partial charge in [-0.1, -0.05) is 18.2 Å². The molecule has 1 atom stereocenters. The summed E-state index contributed by atoms with van der Waals surface area (Å²) in [6.07, 6.45) is 2.92. The Hall–Kier alpha value is -3.23. The fourth-order valence-corrected chi connectivity index (χ4v) is 3.67. The first-order valence-electron chi connectivity index (χ1n) is 9.17. The number of rotatable bonds is 7.